The van der Waals surface area contributed by atoms with E-state index in [0.29, 0.717) is 19.4 Å². The molecule has 1 aromatic carbocycles. The van der Waals surface area contributed by atoms with Gasteiger partial charge in [-0.25, -0.2) is 14.0 Å². The van der Waals surface area contributed by atoms with Gasteiger partial charge in [-0.05, 0) is 30.2 Å². The van der Waals surface area contributed by atoms with Crippen LogP contribution in [0.2, 0.25) is 0 Å². The number of amides is 1. The summed E-state index contributed by atoms with van der Waals surface area (Å²) in [6.45, 7) is 0.490. The van der Waals surface area contributed by atoms with Crippen LogP contribution in [0.1, 0.15) is 18.4 Å². The summed E-state index contributed by atoms with van der Waals surface area (Å²) in [4.78, 5) is 25.8. The topological polar surface area (TPSA) is 55.8 Å². The summed E-state index contributed by atoms with van der Waals surface area (Å²) in [5.74, 6) is -0.677. The van der Waals surface area contributed by atoms with E-state index in [4.69, 9.17) is 9.47 Å². The third kappa shape index (κ3) is 3.16. The maximum Gasteiger partial charge on any atom is 0.410 e. The molecule has 0 spiro atoms. The van der Waals surface area contributed by atoms with Gasteiger partial charge in [0.1, 0.15) is 18.8 Å². The fourth-order valence-electron chi connectivity index (χ4n) is 3.69. The summed E-state index contributed by atoms with van der Waals surface area (Å²) in [6.07, 6.45) is -0.762. The van der Waals surface area contributed by atoms with Crippen molar-refractivity contribution in [3.63, 3.8) is 0 Å². The van der Waals surface area contributed by atoms with Gasteiger partial charge in [-0.1, -0.05) is 30.3 Å². The van der Waals surface area contributed by atoms with Gasteiger partial charge in [0.15, 0.2) is 0 Å². The van der Waals surface area contributed by atoms with Crippen molar-refractivity contribution < 1.29 is 23.5 Å². The molecule has 0 radical (unpaired) electrons. The second-order valence-corrected chi connectivity index (χ2v) is 6.15. The molecular weight excluding hydrogens is 301 g/mol. The minimum Gasteiger partial charge on any atom is -0.467 e. The number of likely N-dealkylation sites (tertiary alicyclic amines) is 1. The van der Waals surface area contributed by atoms with Gasteiger partial charge in [0.05, 0.1) is 7.11 Å². The van der Waals surface area contributed by atoms with E-state index in [0.717, 1.165) is 5.56 Å². The quantitative estimate of drug-likeness (QED) is 0.803. The number of rotatable bonds is 3. The Morgan fingerprint density at radius 3 is 2.70 bits per heavy atom. The van der Waals surface area contributed by atoms with Crippen molar-refractivity contribution in [3.8, 4) is 0 Å². The number of hydrogen-bond donors (Lipinski definition) is 0. The van der Waals surface area contributed by atoms with Gasteiger partial charge < -0.3 is 9.47 Å². The summed E-state index contributed by atoms with van der Waals surface area (Å²) in [7, 11) is 1.28. The number of fused-ring (bicyclic) bond motifs is 1. The molecular formula is C17H20FNO4. The number of benzene rings is 1. The van der Waals surface area contributed by atoms with Gasteiger partial charge in [0, 0.05) is 6.54 Å². The van der Waals surface area contributed by atoms with E-state index < -0.39 is 24.3 Å². The molecule has 0 aromatic heterocycles. The van der Waals surface area contributed by atoms with Gasteiger partial charge in [-0.2, -0.15) is 0 Å². The number of carbonyl (C=O) groups excluding carboxylic acids is 2. The summed E-state index contributed by atoms with van der Waals surface area (Å²) in [5.41, 5.74) is 0.874. The SMILES string of the molecule is COC(=O)[C@@H]1[C@H]2C[C@H](F)C[C@H]2CN1C(=O)OCc1ccccc1. The fourth-order valence-corrected chi connectivity index (χ4v) is 3.69. The van der Waals surface area contributed by atoms with Crippen LogP contribution in [0.25, 0.3) is 0 Å². The highest BCUT2D eigenvalue weighted by Gasteiger charge is 2.53. The number of carbonyl (C=O) groups is 2. The Kier molecular flexibility index (Phi) is 4.50. The molecule has 4 atom stereocenters. The molecule has 1 saturated heterocycles. The molecule has 1 aromatic rings. The third-order valence-electron chi connectivity index (χ3n) is 4.75. The van der Waals surface area contributed by atoms with Crippen LogP contribution in [0.4, 0.5) is 9.18 Å². The molecule has 0 unspecified atom stereocenters. The van der Waals surface area contributed by atoms with Crippen molar-refractivity contribution in [1.29, 1.82) is 0 Å². The zero-order chi connectivity index (χ0) is 16.4. The van der Waals surface area contributed by atoms with Gasteiger partial charge in [0.2, 0.25) is 0 Å². The number of ether oxygens (including phenoxy) is 2. The molecule has 0 bridgehead atoms. The van der Waals surface area contributed by atoms with Crippen LogP contribution in [-0.4, -0.2) is 42.8 Å². The van der Waals surface area contributed by atoms with E-state index in [1.54, 1.807) is 0 Å². The highest BCUT2D eigenvalue weighted by atomic mass is 19.1. The standard InChI is InChI=1S/C17H20FNO4/c1-22-16(20)15-14-8-13(18)7-12(14)9-19(15)17(21)23-10-11-5-3-2-4-6-11/h2-6,12-15H,7-10H2,1H3/t12-,13+,14-,15-/m0/s1. The van der Waals surface area contributed by atoms with E-state index >= 15 is 0 Å². The summed E-state index contributed by atoms with van der Waals surface area (Å²) >= 11 is 0. The second kappa shape index (κ2) is 6.56. The fraction of sp³-hybridized carbons (Fsp3) is 0.529. The van der Waals surface area contributed by atoms with Crippen LogP contribution >= 0.6 is 0 Å². The molecule has 1 aliphatic heterocycles. The van der Waals surface area contributed by atoms with Crippen molar-refractivity contribution in [2.45, 2.75) is 31.7 Å². The third-order valence-corrected chi connectivity index (χ3v) is 4.75. The van der Waals surface area contributed by atoms with Gasteiger partial charge in [-0.3, -0.25) is 4.90 Å². The zero-order valence-electron chi connectivity index (χ0n) is 13.0. The first-order valence-corrected chi connectivity index (χ1v) is 7.79. The van der Waals surface area contributed by atoms with E-state index in [2.05, 4.69) is 0 Å². The van der Waals surface area contributed by atoms with Crippen LogP contribution in [0.5, 0.6) is 0 Å². The molecule has 2 fully saturated rings. The Balaban J connectivity index is 1.68. The van der Waals surface area contributed by atoms with Gasteiger partial charge in [-0.15, -0.1) is 0 Å². The first-order chi connectivity index (χ1) is 11.1. The molecule has 5 nitrogen and oxygen atoms in total. The largest absolute Gasteiger partial charge is 0.467 e. The molecule has 1 amide bonds. The van der Waals surface area contributed by atoms with Crippen molar-refractivity contribution >= 4 is 12.1 Å². The summed E-state index contributed by atoms with van der Waals surface area (Å²) in [6, 6.07) is 8.58. The number of nitrogens with zero attached hydrogens (tertiary/aromatic N) is 1. The zero-order valence-corrected chi connectivity index (χ0v) is 13.0. The molecule has 1 saturated carbocycles. The lowest BCUT2D eigenvalue weighted by Gasteiger charge is -2.25. The lowest BCUT2D eigenvalue weighted by Crippen LogP contribution is -2.44. The van der Waals surface area contributed by atoms with Crippen LogP contribution in [0.3, 0.4) is 0 Å². The lowest BCUT2D eigenvalue weighted by atomic mass is 9.94. The normalized spacial score (nSPS) is 29.2. The molecule has 2 aliphatic rings. The maximum absolute atomic E-state index is 13.6. The molecule has 3 rings (SSSR count). The number of hydrogen-bond acceptors (Lipinski definition) is 4. The highest BCUT2D eigenvalue weighted by molar-refractivity contribution is 5.82. The molecule has 124 valence electrons. The minimum atomic E-state index is -0.903. The Bertz CT molecular complexity index is 579. The predicted octanol–water partition coefficient (Wildman–Crippen LogP) is 2.54. The minimum absolute atomic E-state index is 0.00150. The molecule has 6 heteroatoms. The average molecular weight is 321 g/mol. The number of methoxy groups -OCH3 is 1. The van der Waals surface area contributed by atoms with E-state index in [-0.39, 0.29) is 18.4 Å². The van der Waals surface area contributed by atoms with E-state index in [1.165, 1.54) is 12.0 Å². The van der Waals surface area contributed by atoms with Crippen molar-refractivity contribution in [2.24, 2.45) is 11.8 Å². The number of alkyl halides is 1. The van der Waals surface area contributed by atoms with Gasteiger partial charge >= 0.3 is 12.1 Å². The van der Waals surface area contributed by atoms with Crippen LogP contribution in [0, 0.1) is 11.8 Å². The van der Waals surface area contributed by atoms with Crippen molar-refractivity contribution in [2.75, 3.05) is 13.7 Å². The van der Waals surface area contributed by atoms with Crippen LogP contribution < -0.4 is 0 Å². The van der Waals surface area contributed by atoms with Gasteiger partial charge in [0.25, 0.3) is 0 Å². The molecule has 23 heavy (non-hydrogen) atoms. The van der Waals surface area contributed by atoms with E-state index in [1.807, 2.05) is 30.3 Å². The first kappa shape index (κ1) is 15.8. The van der Waals surface area contributed by atoms with Crippen LogP contribution in [-0.2, 0) is 20.9 Å². The summed E-state index contributed by atoms with van der Waals surface area (Å²) < 4.78 is 23.7. The Hall–Kier alpha value is -2.11. The Morgan fingerprint density at radius 1 is 1.26 bits per heavy atom. The smallest absolute Gasteiger partial charge is 0.410 e. The maximum atomic E-state index is 13.6. The van der Waals surface area contributed by atoms with Crippen molar-refractivity contribution in [1.82, 2.24) is 4.90 Å². The van der Waals surface area contributed by atoms with E-state index in [9.17, 15) is 14.0 Å². The Labute approximate surface area is 134 Å². The van der Waals surface area contributed by atoms with Crippen LogP contribution in [0.15, 0.2) is 30.3 Å². The molecule has 1 heterocycles. The highest BCUT2D eigenvalue weighted by Crippen LogP contribution is 2.44. The lowest BCUT2D eigenvalue weighted by molar-refractivity contribution is -0.146. The second-order valence-electron chi connectivity index (χ2n) is 6.15. The average Bonchev–Trinajstić information content (AvgIpc) is 3.08. The first-order valence-electron chi connectivity index (χ1n) is 7.79. The number of halogens is 1. The number of esters is 1. The molecule has 0 N–H and O–H groups in total. The Morgan fingerprint density at radius 2 is 2.00 bits per heavy atom. The predicted molar refractivity (Wildman–Crippen MR) is 80.2 cm³/mol. The molecule has 1 aliphatic carbocycles. The van der Waals surface area contributed by atoms with Crippen molar-refractivity contribution in [3.05, 3.63) is 35.9 Å². The summed E-state index contributed by atoms with van der Waals surface area (Å²) in [5, 5.41) is 0. The monoisotopic (exact) mass is 321 g/mol.